The van der Waals surface area contributed by atoms with Crippen molar-refractivity contribution in [3.05, 3.63) is 29.8 Å². The number of phenols is 1. The molecule has 94 valence electrons. The second-order valence-corrected chi connectivity index (χ2v) is 5.16. The Morgan fingerprint density at radius 2 is 1.94 bits per heavy atom. The van der Waals surface area contributed by atoms with E-state index in [2.05, 4.69) is 4.74 Å². The van der Waals surface area contributed by atoms with Crippen LogP contribution in [-0.2, 0) is 25.2 Å². The highest BCUT2D eigenvalue weighted by molar-refractivity contribution is 7.53. The van der Waals surface area contributed by atoms with Crippen LogP contribution in [-0.4, -0.2) is 29.2 Å². The van der Waals surface area contributed by atoms with Crippen molar-refractivity contribution in [3.8, 4) is 5.75 Å². The minimum absolute atomic E-state index is 0.0930. The molecule has 6 nitrogen and oxygen atoms in total. The Bertz CT molecular complexity index is 427. The van der Waals surface area contributed by atoms with Crippen LogP contribution in [0.4, 0.5) is 0 Å². The highest BCUT2D eigenvalue weighted by Crippen LogP contribution is 2.42. The van der Waals surface area contributed by atoms with E-state index in [1.807, 2.05) is 0 Å². The fraction of sp³-hybridized carbons (Fsp3) is 0.300. The zero-order valence-electron chi connectivity index (χ0n) is 9.20. The molecule has 0 aliphatic rings. The fourth-order valence-electron chi connectivity index (χ4n) is 1.04. The van der Waals surface area contributed by atoms with Gasteiger partial charge in [0.05, 0.1) is 13.7 Å². The summed E-state index contributed by atoms with van der Waals surface area (Å²) in [5, 5.41) is 9.03. The van der Waals surface area contributed by atoms with Gasteiger partial charge in [-0.2, -0.15) is 0 Å². The molecule has 0 bridgehead atoms. The van der Waals surface area contributed by atoms with Crippen molar-refractivity contribution < 1.29 is 28.6 Å². The minimum Gasteiger partial charge on any atom is -0.508 e. The van der Waals surface area contributed by atoms with Crippen LogP contribution in [0.5, 0.6) is 5.75 Å². The van der Waals surface area contributed by atoms with Gasteiger partial charge < -0.3 is 19.3 Å². The molecule has 2 N–H and O–H groups in total. The van der Waals surface area contributed by atoms with E-state index in [1.54, 1.807) is 12.1 Å². The summed E-state index contributed by atoms with van der Waals surface area (Å²) in [7, 11) is -2.85. The van der Waals surface area contributed by atoms with Crippen LogP contribution in [0, 0.1) is 0 Å². The Kier molecular flexibility index (Phi) is 4.69. The van der Waals surface area contributed by atoms with E-state index >= 15 is 0 Å². The molecule has 0 aromatic heterocycles. The Labute approximate surface area is 98.3 Å². The Balaban J connectivity index is 2.52. The van der Waals surface area contributed by atoms with Crippen LogP contribution in [0.1, 0.15) is 5.56 Å². The average Bonchev–Trinajstić information content (AvgIpc) is 2.28. The summed E-state index contributed by atoms with van der Waals surface area (Å²) in [4.78, 5) is 20.1. The summed E-state index contributed by atoms with van der Waals surface area (Å²) < 4.78 is 20.4. The van der Waals surface area contributed by atoms with Crippen LogP contribution in [0.2, 0.25) is 0 Å². The summed E-state index contributed by atoms with van der Waals surface area (Å²) in [6.45, 7) is -0.120. The molecule has 1 rings (SSSR count). The molecule has 0 saturated carbocycles. The van der Waals surface area contributed by atoms with E-state index in [0.29, 0.717) is 5.56 Å². The zero-order chi connectivity index (χ0) is 12.9. The number of aromatic hydroxyl groups is 1. The molecular weight excluding hydrogens is 247 g/mol. The molecule has 1 unspecified atom stereocenters. The molecule has 17 heavy (non-hydrogen) atoms. The van der Waals surface area contributed by atoms with Gasteiger partial charge in [0.15, 0.2) is 0 Å². The number of methoxy groups -OCH3 is 1. The van der Waals surface area contributed by atoms with E-state index < -0.39 is 19.7 Å². The lowest BCUT2D eigenvalue weighted by Gasteiger charge is -2.10. The monoisotopic (exact) mass is 260 g/mol. The summed E-state index contributed by atoms with van der Waals surface area (Å²) in [5.74, 6) is -0.711. The van der Waals surface area contributed by atoms with Gasteiger partial charge in [-0.25, -0.2) is 0 Å². The van der Waals surface area contributed by atoms with E-state index in [1.165, 1.54) is 12.1 Å². The predicted molar refractivity (Wildman–Crippen MR) is 59.6 cm³/mol. The Morgan fingerprint density at radius 1 is 1.35 bits per heavy atom. The average molecular weight is 260 g/mol. The van der Waals surface area contributed by atoms with Gasteiger partial charge in [0.2, 0.25) is 0 Å². The van der Waals surface area contributed by atoms with E-state index in [-0.39, 0.29) is 12.4 Å². The highest BCUT2D eigenvalue weighted by atomic mass is 31.2. The van der Waals surface area contributed by atoms with Gasteiger partial charge in [-0.15, -0.1) is 0 Å². The first-order chi connectivity index (χ1) is 7.93. The quantitative estimate of drug-likeness (QED) is 0.611. The number of ether oxygens (including phenoxy) is 1. The number of hydrogen-bond donors (Lipinski definition) is 2. The smallest absolute Gasteiger partial charge is 0.339 e. The SMILES string of the molecule is COC(=O)CP(=O)(O)OCc1ccc(O)cc1. The van der Waals surface area contributed by atoms with Gasteiger partial charge in [0, 0.05) is 0 Å². The summed E-state index contributed by atoms with van der Waals surface area (Å²) in [6.07, 6.45) is -0.679. The third-order valence-corrected chi connectivity index (χ3v) is 3.12. The van der Waals surface area contributed by atoms with Crippen LogP contribution in [0.25, 0.3) is 0 Å². The molecule has 7 heteroatoms. The molecule has 0 aliphatic carbocycles. The number of phenolic OH excluding ortho intramolecular Hbond substituents is 1. The van der Waals surface area contributed by atoms with Crippen LogP contribution in [0.15, 0.2) is 24.3 Å². The van der Waals surface area contributed by atoms with Crippen LogP contribution >= 0.6 is 7.60 Å². The number of hydrogen-bond acceptors (Lipinski definition) is 5. The standard InChI is InChI=1S/C10H13O6P/c1-15-10(12)7-17(13,14)16-6-8-2-4-9(11)5-3-8/h2-5,11H,6-7H2,1H3,(H,13,14). The van der Waals surface area contributed by atoms with Crippen molar-refractivity contribution in [2.75, 3.05) is 13.3 Å². The first-order valence-electron chi connectivity index (χ1n) is 4.74. The van der Waals surface area contributed by atoms with Crippen LogP contribution in [0.3, 0.4) is 0 Å². The molecule has 1 aromatic carbocycles. The minimum atomic E-state index is -3.98. The molecule has 0 aliphatic heterocycles. The van der Waals surface area contributed by atoms with E-state index in [4.69, 9.17) is 9.63 Å². The summed E-state index contributed by atoms with van der Waals surface area (Å²) in [6, 6.07) is 5.96. The maximum atomic E-state index is 11.4. The van der Waals surface area contributed by atoms with Gasteiger partial charge in [-0.3, -0.25) is 9.36 Å². The lowest BCUT2D eigenvalue weighted by Crippen LogP contribution is -2.08. The van der Waals surface area contributed by atoms with Crippen molar-refractivity contribution in [1.82, 2.24) is 0 Å². The van der Waals surface area contributed by atoms with Crippen molar-refractivity contribution in [2.45, 2.75) is 6.61 Å². The van der Waals surface area contributed by atoms with Gasteiger partial charge in [-0.05, 0) is 17.7 Å². The molecule has 0 fully saturated rings. The topological polar surface area (TPSA) is 93.1 Å². The number of carbonyl (C=O) groups is 1. The Hall–Kier alpha value is -1.36. The number of esters is 1. The van der Waals surface area contributed by atoms with Crippen molar-refractivity contribution >= 4 is 13.6 Å². The van der Waals surface area contributed by atoms with E-state index in [0.717, 1.165) is 7.11 Å². The largest absolute Gasteiger partial charge is 0.508 e. The molecule has 1 aromatic rings. The molecule has 0 heterocycles. The summed E-state index contributed by atoms with van der Waals surface area (Å²) >= 11 is 0. The number of benzene rings is 1. The van der Waals surface area contributed by atoms with Crippen molar-refractivity contribution in [1.29, 1.82) is 0 Å². The van der Waals surface area contributed by atoms with Gasteiger partial charge in [0.1, 0.15) is 11.9 Å². The normalized spacial score (nSPS) is 14.0. The van der Waals surface area contributed by atoms with Gasteiger partial charge >= 0.3 is 13.6 Å². The van der Waals surface area contributed by atoms with Crippen molar-refractivity contribution in [2.24, 2.45) is 0 Å². The van der Waals surface area contributed by atoms with Crippen molar-refractivity contribution in [3.63, 3.8) is 0 Å². The Morgan fingerprint density at radius 3 is 2.47 bits per heavy atom. The summed E-state index contributed by atoms with van der Waals surface area (Å²) in [5.41, 5.74) is 0.613. The maximum Gasteiger partial charge on any atom is 0.339 e. The first-order valence-corrected chi connectivity index (χ1v) is 6.50. The number of rotatable bonds is 5. The molecular formula is C10H13O6P. The van der Waals surface area contributed by atoms with Crippen LogP contribution < -0.4 is 0 Å². The molecule has 0 spiro atoms. The fourth-order valence-corrected chi connectivity index (χ4v) is 1.94. The second-order valence-electron chi connectivity index (χ2n) is 3.31. The van der Waals surface area contributed by atoms with Gasteiger partial charge in [-0.1, -0.05) is 12.1 Å². The molecule has 1 atom stereocenters. The van der Waals surface area contributed by atoms with E-state index in [9.17, 15) is 14.3 Å². The zero-order valence-corrected chi connectivity index (χ0v) is 10.1. The molecule has 0 radical (unpaired) electrons. The highest BCUT2D eigenvalue weighted by Gasteiger charge is 2.24. The number of carbonyl (C=O) groups excluding carboxylic acids is 1. The van der Waals surface area contributed by atoms with Gasteiger partial charge in [0.25, 0.3) is 0 Å². The lowest BCUT2D eigenvalue weighted by atomic mass is 10.2. The molecule has 0 amide bonds. The third-order valence-electron chi connectivity index (χ3n) is 1.93. The first kappa shape index (κ1) is 13.7. The lowest BCUT2D eigenvalue weighted by molar-refractivity contribution is -0.137. The molecule has 0 saturated heterocycles. The maximum absolute atomic E-state index is 11.4. The predicted octanol–water partition coefficient (Wildman–Crippen LogP) is 1.27. The second kappa shape index (κ2) is 5.82. The third kappa shape index (κ3) is 4.99.